The van der Waals surface area contributed by atoms with Crippen LogP contribution in [0.15, 0.2) is 36.4 Å². The molecule has 0 bridgehead atoms. The predicted molar refractivity (Wildman–Crippen MR) is 117 cm³/mol. The highest BCUT2D eigenvalue weighted by Gasteiger charge is 2.26. The molecule has 30 heavy (non-hydrogen) atoms. The molecule has 0 radical (unpaired) electrons. The molecular formula is C23H28FN3O2S. The molecule has 7 heteroatoms. The second-order valence-corrected chi connectivity index (χ2v) is 9.25. The summed E-state index contributed by atoms with van der Waals surface area (Å²) in [5, 5.41) is 6.16. The van der Waals surface area contributed by atoms with Gasteiger partial charge in [0.15, 0.2) is 0 Å². The minimum absolute atomic E-state index is 0.0207. The molecule has 1 aromatic heterocycles. The summed E-state index contributed by atoms with van der Waals surface area (Å²) in [7, 11) is 0. The Morgan fingerprint density at radius 3 is 2.27 bits per heavy atom. The molecule has 0 unspecified atom stereocenters. The summed E-state index contributed by atoms with van der Waals surface area (Å²) in [6.45, 7) is 1.22. The Morgan fingerprint density at radius 2 is 1.57 bits per heavy atom. The zero-order chi connectivity index (χ0) is 20.9. The third-order valence-corrected chi connectivity index (χ3v) is 7.12. The highest BCUT2D eigenvalue weighted by atomic mass is 32.1. The fraction of sp³-hybridized carbons (Fsp3) is 0.478. The van der Waals surface area contributed by atoms with Gasteiger partial charge in [-0.15, -0.1) is 11.3 Å². The normalized spacial score (nSPS) is 18.2. The Morgan fingerprint density at radius 1 is 0.900 bits per heavy atom. The van der Waals surface area contributed by atoms with Crippen LogP contribution >= 0.6 is 11.3 Å². The first-order valence-electron chi connectivity index (χ1n) is 10.8. The molecule has 4 rings (SSSR count). The lowest BCUT2D eigenvalue weighted by molar-refractivity contribution is 0.0713. The lowest BCUT2D eigenvalue weighted by Gasteiger charge is -2.32. The second kappa shape index (κ2) is 9.60. The number of urea groups is 1. The van der Waals surface area contributed by atoms with Crippen LogP contribution in [0.25, 0.3) is 10.4 Å². The minimum atomic E-state index is -0.281. The molecule has 2 aromatic rings. The number of carbonyl (C=O) groups excluding carboxylic acids is 2. The van der Waals surface area contributed by atoms with Crippen molar-refractivity contribution in [3.05, 3.63) is 47.1 Å². The zero-order valence-corrected chi connectivity index (χ0v) is 17.8. The van der Waals surface area contributed by atoms with Crippen LogP contribution in [0.3, 0.4) is 0 Å². The number of amides is 3. The molecular weight excluding hydrogens is 401 g/mol. The van der Waals surface area contributed by atoms with E-state index in [9.17, 15) is 14.0 Å². The van der Waals surface area contributed by atoms with E-state index < -0.39 is 0 Å². The average molecular weight is 430 g/mol. The molecule has 1 aromatic carbocycles. The van der Waals surface area contributed by atoms with Gasteiger partial charge in [-0.25, -0.2) is 9.18 Å². The molecule has 1 saturated carbocycles. The average Bonchev–Trinajstić information content (AvgIpc) is 3.25. The molecule has 5 nitrogen and oxygen atoms in total. The third kappa shape index (κ3) is 5.01. The van der Waals surface area contributed by atoms with Crippen molar-refractivity contribution in [3.8, 4) is 10.4 Å². The summed E-state index contributed by atoms with van der Waals surface area (Å²) < 4.78 is 14.0. The van der Waals surface area contributed by atoms with E-state index in [1.165, 1.54) is 36.7 Å². The first-order chi connectivity index (χ1) is 14.6. The Kier molecular flexibility index (Phi) is 6.67. The van der Waals surface area contributed by atoms with Gasteiger partial charge in [0.2, 0.25) is 0 Å². The monoisotopic (exact) mass is 429 g/mol. The van der Waals surface area contributed by atoms with E-state index in [4.69, 9.17) is 0 Å². The molecule has 1 aliphatic carbocycles. The summed E-state index contributed by atoms with van der Waals surface area (Å²) >= 11 is 1.32. The van der Waals surface area contributed by atoms with Crippen LogP contribution in [-0.4, -0.2) is 42.0 Å². The number of likely N-dealkylation sites (tertiary alicyclic amines) is 1. The van der Waals surface area contributed by atoms with Crippen LogP contribution in [0, 0.1) is 5.82 Å². The number of hydrogen-bond donors (Lipinski definition) is 2. The van der Waals surface area contributed by atoms with Gasteiger partial charge >= 0.3 is 6.03 Å². The van der Waals surface area contributed by atoms with Crippen LogP contribution in [-0.2, 0) is 0 Å². The van der Waals surface area contributed by atoms with Crippen molar-refractivity contribution in [3.63, 3.8) is 0 Å². The van der Waals surface area contributed by atoms with Gasteiger partial charge in [0.1, 0.15) is 5.82 Å². The van der Waals surface area contributed by atoms with Gasteiger partial charge in [0.05, 0.1) is 4.88 Å². The number of hydrogen-bond acceptors (Lipinski definition) is 3. The van der Waals surface area contributed by atoms with Gasteiger partial charge in [0.25, 0.3) is 5.91 Å². The van der Waals surface area contributed by atoms with E-state index in [0.717, 1.165) is 30.6 Å². The summed E-state index contributed by atoms with van der Waals surface area (Å²) in [5.41, 5.74) is 0.522. The van der Waals surface area contributed by atoms with Gasteiger partial charge < -0.3 is 15.5 Å². The first kappa shape index (κ1) is 20.8. The SMILES string of the molecule is O=C(NC1CCCCC1)NC1CCN(C(=O)c2ccc(-c3ccccc3F)s2)CC1. The topological polar surface area (TPSA) is 61.4 Å². The van der Waals surface area contributed by atoms with E-state index in [2.05, 4.69) is 10.6 Å². The third-order valence-electron chi connectivity index (χ3n) is 6.01. The standard InChI is InChI=1S/C23H28FN3O2S/c24-19-9-5-4-8-18(19)20-10-11-21(30-20)22(28)27-14-12-17(13-15-27)26-23(29)25-16-6-2-1-3-7-16/h4-5,8-11,16-17H,1-3,6-7,12-15H2,(H2,25,26,29). The van der Waals surface area contributed by atoms with Gasteiger partial charge in [-0.2, -0.15) is 0 Å². The molecule has 1 saturated heterocycles. The highest BCUT2D eigenvalue weighted by Crippen LogP contribution is 2.31. The largest absolute Gasteiger partial charge is 0.338 e. The number of nitrogens with zero attached hydrogens (tertiary/aromatic N) is 1. The van der Waals surface area contributed by atoms with Gasteiger partial charge in [-0.3, -0.25) is 4.79 Å². The Balaban J connectivity index is 1.27. The van der Waals surface area contributed by atoms with Gasteiger partial charge in [0, 0.05) is 35.6 Å². The fourth-order valence-electron chi connectivity index (χ4n) is 4.30. The van der Waals surface area contributed by atoms with Crippen LogP contribution in [0.4, 0.5) is 9.18 Å². The van der Waals surface area contributed by atoms with Crippen LogP contribution < -0.4 is 10.6 Å². The quantitative estimate of drug-likeness (QED) is 0.734. The number of thiophene rings is 1. The molecule has 1 aliphatic heterocycles. The molecule has 0 atom stereocenters. The van der Waals surface area contributed by atoms with E-state index in [1.54, 1.807) is 30.3 Å². The smallest absolute Gasteiger partial charge is 0.315 e. The van der Waals surface area contributed by atoms with Crippen molar-refractivity contribution in [2.24, 2.45) is 0 Å². The second-order valence-electron chi connectivity index (χ2n) is 8.16. The zero-order valence-electron chi connectivity index (χ0n) is 17.0. The number of carbonyl (C=O) groups is 2. The summed E-state index contributed by atoms with van der Waals surface area (Å²) in [4.78, 5) is 28.3. The first-order valence-corrected chi connectivity index (χ1v) is 11.6. The molecule has 2 aliphatic rings. The number of benzene rings is 1. The van der Waals surface area contributed by atoms with Crippen molar-refractivity contribution in [1.82, 2.24) is 15.5 Å². The van der Waals surface area contributed by atoms with E-state index in [0.29, 0.717) is 29.6 Å². The van der Waals surface area contributed by atoms with E-state index >= 15 is 0 Å². The number of piperidine rings is 1. The van der Waals surface area contributed by atoms with E-state index in [-0.39, 0.29) is 23.8 Å². The van der Waals surface area contributed by atoms with Gasteiger partial charge in [-0.1, -0.05) is 37.5 Å². The maximum atomic E-state index is 14.0. The van der Waals surface area contributed by atoms with Crippen LogP contribution in [0.2, 0.25) is 0 Å². The van der Waals surface area contributed by atoms with Crippen LogP contribution in [0.1, 0.15) is 54.6 Å². The lowest BCUT2D eigenvalue weighted by atomic mass is 9.96. The Labute approximate surface area is 180 Å². The number of halogens is 1. The maximum absolute atomic E-state index is 14.0. The summed E-state index contributed by atoms with van der Waals surface area (Å²) in [5.74, 6) is -0.301. The molecule has 160 valence electrons. The van der Waals surface area contributed by atoms with E-state index in [1.807, 2.05) is 4.90 Å². The Bertz CT molecular complexity index is 886. The number of nitrogens with one attached hydrogen (secondary N) is 2. The van der Waals surface area contributed by atoms with Crippen molar-refractivity contribution < 1.29 is 14.0 Å². The summed E-state index contributed by atoms with van der Waals surface area (Å²) in [6.07, 6.45) is 7.26. The molecule has 2 fully saturated rings. The van der Waals surface area contributed by atoms with Crippen molar-refractivity contribution in [2.45, 2.75) is 57.0 Å². The van der Waals surface area contributed by atoms with Crippen molar-refractivity contribution in [1.29, 1.82) is 0 Å². The summed E-state index contributed by atoms with van der Waals surface area (Å²) in [6, 6.07) is 10.5. The van der Waals surface area contributed by atoms with Crippen molar-refractivity contribution >= 4 is 23.3 Å². The fourth-order valence-corrected chi connectivity index (χ4v) is 5.30. The molecule has 2 heterocycles. The molecule has 2 N–H and O–H groups in total. The Hall–Kier alpha value is -2.41. The minimum Gasteiger partial charge on any atom is -0.338 e. The molecule has 0 spiro atoms. The highest BCUT2D eigenvalue weighted by molar-refractivity contribution is 7.17. The van der Waals surface area contributed by atoms with Crippen LogP contribution in [0.5, 0.6) is 0 Å². The van der Waals surface area contributed by atoms with Gasteiger partial charge in [-0.05, 0) is 43.9 Å². The number of rotatable bonds is 4. The van der Waals surface area contributed by atoms with Crippen molar-refractivity contribution in [2.75, 3.05) is 13.1 Å². The molecule has 3 amide bonds. The maximum Gasteiger partial charge on any atom is 0.315 e. The lowest BCUT2D eigenvalue weighted by Crippen LogP contribution is -2.51. The predicted octanol–water partition coefficient (Wildman–Crippen LogP) is 4.79.